The van der Waals surface area contributed by atoms with Crippen LogP contribution in [-0.2, 0) is 5.41 Å². The molecular weight excluding hydrogens is 460 g/mol. The van der Waals surface area contributed by atoms with Gasteiger partial charge in [0.2, 0.25) is 0 Å². The summed E-state index contributed by atoms with van der Waals surface area (Å²) < 4.78 is 2.50. The van der Waals surface area contributed by atoms with Crippen molar-refractivity contribution in [2.75, 3.05) is 5.32 Å². The Morgan fingerprint density at radius 2 is 1.37 bits per heavy atom. The molecule has 1 atom stereocenters. The summed E-state index contributed by atoms with van der Waals surface area (Å²) in [5.41, 5.74) is 12.8. The van der Waals surface area contributed by atoms with Gasteiger partial charge in [-0.15, -0.1) is 0 Å². The molecule has 7 rings (SSSR count). The minimum atomic E-state index is -0.105. The SMILES string of the molecule is Cc1ccccc1-c1cc(-n2c3ccccc3c3ccc4c(c32)C(C)(C)C(c2ccccc2)N4)ccc1C. The Morgan fingerprint density at radius 3 is 2.18 bits per heavy atom. The van der Waals surface area contributed by atoms with E-state index in [-0.39, 0.29) is 11.5 Å². The van der Waals surface area contributed by atoms with Crippen molar-refractivity contribution in [2.24, 2.45) is 0 Å². The van der Waals surface area contributed by atoms with Crippen molar-refractivity contribution in [3.05, 3.63) is 131 Å². The fraction of sp³-hybridized carbons (Fsp3) is 0.167. The van der Waals surface area contributed by atoms with Crippen molar-refractivity contribution in [3.63, 3.8) is 0 Å². The average molecular weight is 493 g/mol. The fourth-order valence-electron chi connectivity index (χ4n) is 6.64. The standard InChI is InChI=1S/C36H32N2/c1-23-12-8-9-15-27(23)30-22-26(19-18-24(30)2)38-32-17-11-10-16-28(32)29-20-21-31-33(34(29)38)36(3,4)35(37-31)25-13-6-5-7-14-25/h5-22,35,37H,1-4H3. The molecule has 2 nitrogen and oxygen atoms in total. The van der Waals surface area contributed by atoms with Crippen molar-refractivity contribution in [1.29, 1.82) is 0 Å². The first-order valence-electron chi connectivity index (χ1n) is 13.5. The van der Waals surface area contributed by atoms with Crippen LogP contribution in [-0.4, -0.2) is 4.57 Å². The second kappa shape index (κ2) is 8.36. The van der Waals surface area contributed by atoms with Gasteiger partial charge in [-0.1, -0.05) is 98.8 Å². The van der Waals surface area contributed by atoms with E-state index in [9.17, 15) is 0 Å². The molecule has 2 heterocycles. The van der Waals surface area contributed by atoms with Crippen LogP contribution >= 0.6 is 0 Å². The van der Waals surface area contributed by atoms with Gasteiger partial charge < -0.3 is 9.88 Å². The molecule has 1 N–H and O–H groups in total. The van der Waals surface area contributed by atoms with Crippen LogP contribution in [0.4, 0.5) is 5.69 Å². The van der Waals surface area contributed by atoms with E-state index in [0.717, 1.165) is 0 Å². The summed E-state index contributed by atoms with van der Waals surface area (Å²) >= 11 is 0. The third-order valence-electron chi connectivity index (χ3n) is 8.55. The molecule has 0 aliphatic carbocycles. The molecule has 0 saturated carbocycles. The Balaban J connectivity index is 1.54. The van der Waals surface area contributed by atoms with Crippen molar-refractivity contribution >= 4 is 27.5 Å². The Kier molecular flexibility index (Phi) is 5.03. The maximum absolute atomic E-state index is 3.90. The van der Waals surface area contributed by atoms with Gasteiger partial charge in [-0.05, 0) is 65.9 Å². The second-order valence-corrected chi connectivity index (χ2v) is 11.3. The number of aromatic nitrogens is 1. The summed E-state index contributed by atoms with van der Waals surface area (Å²) in [6.45, 7) is 9.19. The molecular formula is C36H32N2. The van der Waals surface area contributed by atoms with Gasteiger partial charge in [0, 0.05) is 33.1 Å². The molecule has 0 saturated heterocycles. The third kappa shape index (κ3) is 3.26. The molecule has 1 aliphatic rings. The van der Waals surface area contributed by atoms with Gasteiger partial charge in [-0.25, -0.2) is 0 Å². The summed E-state index contributed by atoms with van der Waals surface area (Å²) in [7, 11) is 0. The van der Waals surface area contributed by atoms with Crippen LogP contribution in [0.3, 0.4) is 0 Å². The van der Waals surface area contributed by atoms with E-state index in [1.165, 1.54) is 66.6 Å². The lowest BCUT2D eigenvalue weighted by Crippen LogP contribution is -2.25. The Morgan fingerprint density at radius 1 is 0.658 bits per heavy atom. The predicted octanol–water partition coefficient (Wildman–Crippen LogP) is 9.51. The lowest BCUT2D eigenvalue weighted by atomic mass is 9.77. The lowest BCUT2D eigenvalue weighted by Gasteiger charge is -2.29. The first kappa shape index (κ1) is 22.9. The zero-order valence-corrected chi connectivity index (χ0v) is 22.4. The van der Waals surface area contributed by atoms with Gasteiger partial charge in [-0.3, -0.25) is 0 Å². The van der Waals surface area contributed by atoms with Gasteiger partial charge in [0.15, 0.2) is 0 Å². The van der Waals surface area contributed by atoms with Crippen molar-refractivity contribution in [3.8, 4) is 16.8 Å². The topological polar surface area (TPSA) is 17.0 Å². The third-order valence-corrected chi connectivity index (χ3v) is 8.55. The number of anilines is 1. The van der Waals surface area contributed by atoms with Crippen LogP contribution < -0.4 is 5.32 Å². The molecule has 6 aromatic rings. The molecule has 1 unspecified atom stereocenters. The number of fused-ring (bicyclic) bond motifs is 5. The van der Waals surface area contributed by atoms with Crippen LogP contribution in [0.25, 0.3) is 38.6 Å². The summed E-state index contributed by atoms with van der Waals surface area (Å²) in [4.78, 5) is 0. The van der Waals surface area contributed by atoms with E-state index in [0.29, 0.717) is 0 Å². The van der Waals surface area contributed by atoms with Gasteiger partial charge in [0.05, 0.1) is 17.1 Å². The van der Waals surface area contributed by atoms with Crippen LogP contribution in [0.5, 0.6) is 0 Å². The number of rotatable bonds is 3. The highest BCUT2D eigenvalue weighted by Crippen LogP contribution is 2.52. The highest BCUT2D eigenvalue weighted by Gasteiger charge is 2.42. The molecule has 0 spiro atoms. The number of para-hydroxylation sites is 1. The number of hydrogen-bond donors (Lipinski definition) is 1. The fourth-order valence-corrected chi connectivity index (χ4v) is 6.64. The van der Waals surface area contributed by atoms with Gasteiger partial charge >= 0.3 is 0 Å². The maximum Gasteiger partial charge on any atom is 0.0606 e. The van der Waals surface area contributed by atoms with Crippen LogP contribution in [0.1, 0.15) is 42.1 Å². The number of benzene rings is 5. The van der Waals surface area contributed by atoms with Crippen LogP contribution in [0, 0.1) is 13.8 Å². The van der Waals surface area contributed by atoms with E-state index >= 15 is 0 Å². The van der Waals surface area contributed by atoms with Gasteiger partial charge in [0.25, 0.3) is 0 Å². The quantitative estimate of drug-likeness (QED) is 0.260. The molecule has 0 bridgehead atoms. The summed E-state index contributed by atoms with van der Waals surface area (Å²) in [5.74, 6) is 0. The minimum Gasteiger partial charge on any atom is -0.377 e. The maximum atomic E-state index is 3.90. The smallest absolute Gasteiger partial charge is 0.0606 e. The van der Waals surface area contributed by atoms with E-state index in [4.69, 9.17) is 0 Å². The average Bonchev–Trinajstić information content (AvgIpc) is 3.41. The Bertz CT molecular complexity index is 1840. The number of aryl methyl sites for hydroxylation is 2. The van der Waals surface area contributed by atoms with Crippen molar-refractivity contribution in [1.82, 2.24) is 4.57 Å². The van der Waals surface area contributed by atoms with E-state index < -0.39 is 0 Å². The van der Waals surface area contributed by atoms with Gasteiger partial charge in [-0.2, -0.15) is 0 Å². The molecule has 38 heavy (non-hydrogen) atoms. The molecule has 1 aromatic heterocycles. The number of nitrogens with one attached hydrogen (secondary N) is 1. The molecule has 2 heteroatoms. The number of nitrogens with zero attached hydrogens (tertiary/aromatic N) is 1. The lowest BCUT2D eigenvalue weighted by molar-refractivity contribution is 0.476. The highest BCUT2D eigenvalue weighted by atomic mass is 15.0. The zero-order valence-electron chi connectivity index (χ0n) is 22.4. The molecule has 5 aromatic carbocycles. The summed E-state index contributed by atoms with van der Waals surface area (Å²) in [5, 5.41) is 6.50. The van der Waals surface area contributed by atoms with E-state index in [2.05, 4.69) is 147 Å². The molecule has 0 amide bonds. The monoisotopic (exact) mass is 492 g/mol. The normalized spacial score (nSPS) is 16.1. The second-order valence-electron chi connectivity index (χ2n) is 11.3. The largest absolute Gasteiger partial charge is 0.377 e. The summed E-state index contributed by atoms with van der Waals surface area (Å²) in [6, 6.07) is 40.1. The first-order valence-corrected chi connectivity index (χ1v) is 13.5. The van der Waals surface area contributed by atoms with Gasteiger partial charge in [0.1, 0.15) is 0 Å². The Hall–Kier alpha value is -4.30. The minimum absolute atomic E-state index is 0.105. The van der Waals surface area contributed by atoms with E-state index in [1.54, 1.807) is 0 Å². The van der Waals surface area contributed by atoms with E-state index in [1.807, 2.05) is 0 Å². The number of hydrogen-bond acceptors (Lipinski definition) is 1. The molecule has 1 aliphatic heterocycles. The predicted molar refractivity (Wildman–Crippen MR) is 162 cm³/mol. The highest BCUT2D eigenvalue weighted by molar-refractivity contribution is 6.12. The van der Waals surface area contributed by atoms with Crippen LogP contribution in [0.15, 0.2) is 109 Å². The van der Waals surface area contributed by atoms with Crippen LogP contribution in [0.2, 0.25) is 0 Å². The summed E-state index contributed by atoms with van der Waals surface area (Å²) in [6.07, 6.45) is 0. The Labute approximate surface area is 224 Å². The molecule has 186 valence electrons. The van der Waals surface area contributed by atoms with Crippen molar-refractivity contribution < 1.29 is 0 Å². The van der Waals surface area contributed by atoms with Crippen molar-refractivity contribution in [2.45, 2.75) is 39.2 Å². The zero-order chi connectivity index (χ0) is 26.0. The first-order chi connectivity index (χ1) is 18.4. The molecule has 0 fully saturated rings. The molecule has 0 radical (unpaired) electrons.